The van der Waals surface area contributed by atoms with Crippen molar-refractivity contribution in [1.82, 2.24) is 0 Å². The molecule has 1 rings (SSSR count). The Hall–Kier alpha value is -2.10. The monoisotopic (exact) mass is 192 g/mol. The Balaban J connectivity index is 2.69. The van der Waals surface area contributed by atoms with Gasteiger partial charge >= 0.3 is 0 Å². The SMILES string of the molecule is C=CC#CC#CC1=CC=C(C#CC)CC1. The van der Waals surface area contributed by atoms with Gasteiger partial charge in [0.2, 0.25) is 0 Å². The number of hydrogen-bond donors (Lipinski definition) is 0. The molecule has 0 aromatic carbocycles. The molecule has 0 heteroatoms. The van der Waals surface area contributed by atoms with E-state index in [2.05, 4.69) is 42.1 Å². The van der Waals surface area contributed by atoms with E-state index < -0.39 is 0 Å². The quantitative estimate of drug-likeness (QED) is 0.518. The van der Waals surface area contributed by atoms with Gasteiger partial charge in [0, 0.05) is 11.1 Å². The van der Waals surface area contributed by atoms with Crippen LogP contribution in [0.3, 0.4) is 0 Å². The van der Waals surface area contributed by atoms with Crippen molar-refractivity contribution in [2.45, 2.75) is 19.8 Å². The topological polar surface area (TPSA) is 0 Å². The van der Waals surface area contributed by atoms with Crippen LogP contribution in [0.2, 0.25) is 0 Å². The van der Waals surface area contributed by atoms with Crippen molar-refractivity contribution in [3.8, 4) is 35.5 Å². The average molecular weight is 192 g/mol. The summed E-state index contributed by atoms with van der Waals surface area (Å²) < 4.78 is 0. The third-order valence-electron chi connectivity index (χ3n) is 1.89. The van der Waals surface area contributed by atoms with Crippen LogP contribution in [-0.2, 0) is 0 Å². The first kappa shape index (κ1) is 11.0. The molecular weight excluding hydrogens is 180 g/mol. The molecule has 1 aliphatic rings. The fourth-order valence-corrected chi connectivity index (χ4v) is 1.20. The third-order valence-corrected chi connectivity index (χ3v) is 1.89. The van der Waals surface area contributed by atoms with E-state index in [-0.39, 0.29) is 0 Å². The normalized spacial score (nSPS) is 12.6. The molecule has 15 heavy (non-hydrogen) atoms. The van der Waals surface area contributed by atoms with Crippen molar-refractivity contribution < 1.29 is 0 Å². The number of rotatable bonds is 0. The smallest absolute Gasteiger partial charge is 0.00344 e. The molecule has 0 amide bonds. The average Bonchev–Trinajstić information content (AvgIpc) is 2.27. The first-order valence-corrected chi connectivity index (χ1v) is 4.81. The van der Waals surface area contributed by atoms with Crippen molar-refractivity contribution in [3.63, 3.8) is 0 Å². The molecule has 0 N–H and O–H groups in total. The predicted octanol–water partition coefficient (Wildman–Crippen LogP) is 2.85. The van der Waals surface area contributed by atoms with Gasteiger partial charge in [0.1, 0.15) is 0 Å². The minimum absolute atomic E-state index is 0.962. The Morgan fingerprint density at radius 1 is 1.13 bits per heavy atom. The lowest BCUT2D eigenvalue weighted by Crippen LogP contribution is -1.89. The van der Waals surface area contributed by atoms with Crippen LogP contribution in [0.15, 0.2) is 36.0 Å². The summed E-state index contributed by atoms with van der Waals surface area (Å²) in [4.78, 5) is 0. The fraction of sp³-hybridized carbons (Fsp3) is 0.200. The first-order valence-electron chi connectivity index (χ1n) is 4.81. The van der Waals surface area contributed by atoms with Gasteiger partial charge in [-0.2, -0.15) is 0 Å². The molecule has 0 heterocycles. The van der Waals surface area contributed by atoms with Crippen molar-refractivity contribution >= 4 is 0 Å². The lowest BCUT2D eigenvalue weighted by Gasteiger charge is -2.04. The maximum atomic E-state index is 3.49. The summed E-state index contributed by atoms with van der Waals surface area (Å²) in [7, 11) is 0. The highest BCUT2D eigenvalue weighted by atomic mass is 14.0. The second kappa shape index (κ2) is 6.37. The zero-order valence-corrected chi connectivity index (χ0v) is 8.85. The van der Waals surface area contributed by atoms with E-state index in [0.29, 0.717) is 0 Å². The molecule has 1 aliphatic carbocycles. The Morgan fingerprint density at radius 2 is 1.80 bits per heavy atom. The first-order chi connectivity index (χ1) is 7.36. The molecule has 0 spiro atoms. The van der Waals surface area contributed by atoms with Crippen LogP contribution < -0.4 is 0 Å². The fourth-order valence-electron chi connectivity index (χ4n) is 1.20. The van der Waals surface area contributed by atoms with Crippen LogP contribution >= 0.6 is 0 Å². The van der Waals surface area contributed by atoms with E-state index in [1.807, 2.05) is 19.1 Å². The molecule has 72 valence electrons. The van der Waals surface area contributed by atoms with Crippen LogP contribution in [0.25, 0.3) is 0 Å². The summed E-state index contributed by atoms with van der Waals surface area (Å²) in [5.74, 6) is 17.1. The summed E-state index contributed by atoms with van der Waals surface area (Å²) in [5, 5.41) is 0. The minimum atomic E-state index is 0.962. The van der Waals surface area contributed by atoms with Gasteiger partial charge in [0.15, 0.2) is 0 Å². The highest BCUT2D eigenvalue weighted by molar-refractivity contribution is 5.44. The highest BCUT2D eigenvalue weighted by Crippen LogP contribution is 2.16. The van der Waals surface area contributed by atoms with Crippen LogP contribution in [0, 0.1) is 35.5 Å². The predicted molar refractivity (Wildman–Crippen MR) is 64.6 cm³/mol. The van der Waals surface area contributed by atoms with Crippen LogP contribution in [0.5, 0.6) is 0 Å². The van der Waals surface area contributed by atoms with Crippen molar-refractivity contribution in [1.29, 1.82) is 0 Å². The molecule has 0 atom stereocenters. The molecule has 0 fully saturated rings. The van der Waals surface area contributed by atoms with Gasteiger partial charge in [-0.1, -0.05) is 24.3 Å². The van der Waals surface area contributed by atoms with Crippen molar-refractivity contribution in [2.75, 3.05) is 0 Å². The largest absolute Gasteiger partial charge is 0.102 e. The van der Waals surface area contributed by atoms with Crippen LogP contribution in [-0.4, -0.2) is 0 Å². The number of hydrogen-bond acceptors (Lipinski definition) is 0. The van der Waals surface area contributed by atoms with Gasteiger partial charge < -0.3 is 0 Å². The lowest BCUT2D eigenvalue weighted by molar-refractivity contribution is 0.967. The maximum Gasteiger partial charge on any atom is 0.00344 e. The van der Waals surface area contributed by atoms with Crippen molar-refractivity contribution in [3.05, 3.63) is 36.0 Å². The summed E-state index contributed by atoms with van der Waals surface area (Å²) in [6.07, 6.45) is 7.54. The van der Waals surface area contributed by atoms with Gasteiger partial charge in [0.25, 0.3) is 0 Å². The van der Waals surface area contributed by atoms with Gasteiger partial charge in [-0.15, -0.1) is 5.92 Å². The van der Waals surface area contributed by atoms with E-state index in [9.17, 15) is 0 Å². The molecule has 0 aliphatic heterocycles. The third kappa shape index (κ3) is 4.08. The Morgan fingerprint density at radius 3 is 2.33 bits per heavy atom. The lowest BCUT2D eigenvalue weighted by atomic mass is 9.99. The second-order valence-electron chi connectivity index (χ2n) is 2.98. The second-order valence-corrected chi connectivity index (χ2v) is 2.98. The van der Waals surface area contributed by atoms with Gasteiger partial charge in [0.05, 0.1) is 0 Å². The molecular formula is C15H12. The van der Waals surface area contributed by atoms with Crippen LogP contribution in [0.4, 0.5) is 0 Å². The molecule has 0 aromatic rings. The number of allylic oxidation sites excluding steroid dienone is 5. The van der Waals surface area contributed by atoms with E-state index in [4.69, 9.17) is 0 Å². The molecule has 0 saturated heterocycles. The van der Waals surface area contributed by atoms with Gasteiger partial charge in [-0.3, -0.25) is 0 Å². The molecule has 0 nitrogen and oxygen atoms in total. The molecule has 0 radical (unpaired) electrons. The molecule has 0 aromatic heterocycles. The summed E-state index contributed by atoms with van der Waals surface area (Å²) in [6.45, 7) is 5.35. The van der Waals surface area contributed by atoms with Crippen LogP contribution in [0.1, 0.15) is 19.8 Å². The van der Waals surface area contributed by atoms with Gasteiger partial charge in [-0.25, -0.2) is 0 Å². The van der Waals surface area contributed by atoms with Gasteiger partial charge in [-0.05, 0) is 49.8 Å². The molecule has 0 saturated carbocycles. The standard InChI is InChI=1S/C15H12/c1-3-5-6-7-9-15-12-10-14(8-4-2)11-13-15/h3,10,12H,1,11,13H2,2H3. The Bertz CT molecular complexity index is 479. The van der Waals surface area contributed by atoms with E-state index in [1.165, 1.54) is 5.57 Å². The molecule has 0 bridgehead atoms. The Labute approximate surface area is 91.8 Å². The summed E-state index contributed by atoms with van der Waals surface area (Å²) >= 11 is 0. The minimum Gasteiger partial charge on any atom is -0.102 e. The zero-order chi connectivity index (χ0) is 10.9. The highest BCUT2D eigenvalue weighted by Gasteiger charge is 2.01. The molecule has 0 unspecified atom stereocenters. The summed E-state index contributed by atoms with van der Waals surface area (Å²) in [6, 6.07) is 0. The van der Waals surface area contributed by atoms with E-state index in [0.717, 1.165) is 18.4 Å². The van der Waals surface area contributed by atoms with E-state index >= 15 is 0 Å². The maximum absolute atomic E-state index is 3.49. The summed E-state index contributed by atoms with van der Waals surface area (Å²) in [5.41, 5.74) is 2.30. The van der Waals surface area contributed by atoms with E-state index in [1.54, 1.807) is 6.08 Å². The van der Waals surface area contributed by atoms with Crippen molar-refractivity contribution in [2.24, 2.45) is 0 Å². The Kier molecular flexibility index (Phi) is 4.66. The zero-order valence-electron chi connectivity index (χ0n) is 8.85.